The van der Waals surface area contributed by atoms with Crippen LogP contribution in [0, 0.1) is 11.3 Å². The Hall–Kier alpha value is -1.57. The number of hydrogen-bond acceptors (Lipinski definition) is 2. The van der Waals surface area contributed by atoms with Crippen molar-refractivity contribution in [2.75, 3.05) is 0 Å². The molecule has 20 heavy (non-hydrogen) atoms. The molecule has 2 saturated carbocycles. The van der Waals surface area contributed by atoms with E-state index in [-0.39, 0.29) is 5.41 Å². The van der Waals surface area contributed by atoms with Crippen LogP contribution >= 0.6 is 0 Å². The highest BCUT2D eigenvalue weighted by Crippen LogP contribution is 2.57. The molecular formula is C18H20O2. The molecule has 2 heteroatoms. The Morgan fingerprint density at radius 3 is 3.00 bits per heavy atom. The van der Waals surface area contributed by atoms with Gasteiger partial charge in [-0.05, 0) is 54.9 Å². The number of aromatic hydroxyl groups is 1. The molecule has 1 unspecified atom stereocenters. The van der Waals surface area contributed by atoms with E-state index in [0.717, 1.165) is 32.1 Å². The summed E-state index contributed by atoms with van der Waals surface area (Å²) in [5.41, 5.74) is 4.03. The number of carbonyl (C=O) groups is 1. The van der Waals surface area contributed by atoms with E-state index in [9.17, 15) is 9.90 Å². The summed E-state index contributed by atoms with van der Waals surface area (Å²) in [7, 11) is 0. The monoisotopic (exact) mass is 268 g/mol. The summed E-state index contributed by atoms with van der Waals surface area (Å²) in [6.07, 6.45) is 7.11. The second-order valence-electron chi connectivity index (χ2n) is 6.81. The fourth-order valence-electron chi connectivity index (χ4n) is 4.73. The zero-order chi connectivity index (χ0) is 13.9. The second kappa shape index (κ2) is 3.97. The standard InChI is InChI=1S/C18H20O2/c1-18-9-8-14-13-5-3-12(19)10-11(13)2-4-15(14)16(18)6-7-17(18)20/h3-5,10,14,16,19H,2,6-9H2,1H3/t14?,16-,18-/m0/s1. The number of rotatable bonds is 0. The summed E-state index contributed by atoms with van der Waals surface area (Å²) in [6, 6.07) is 5.79. The Morgan fingerprint density at radius 1 is 1.30 bits per heavy atom. The fraction of sp³-hybridized carbons (Fsp3) is 0.500. The van der Waals surface area contributed by atoms with Crippen LogP contribution in [-0.4, -0.2) is 10.9 Å². The normalized spacial score (nSPS) is 35.0. The van der Waals surface area contributed by atoms with E-state index in [1.54, 1.807) is 6.07 Å². The second-order valence-corrected chi connectivity index (χ2v) is 6.81. The van der Waals surface area contributed by atoms with Gasteiger partial charge >= 0.3 is 0 Å². The van der Waals surface area contributed by atoms with E-state index in [1.165, 1.54) is 16.7 Å². The number of benzene rings is 1. The van der Waals surface area contributed by atoms with E-state index in [2.05, 4.69) is 19.1 Å². The zero-order valence-corrected chi connectivity index (χ0v) is 11.9. The molecule has 3 atom stereocenters. The third-order valence-electron chi connectivity index (χ3n) is 5.88. The number of hydrogen-bond donors (Lipinski definition) is 1. The van der Waals surface area contributed by atoms with E-state index in [1.807, 2.05) is 6.07 Å². The highest BCUT2D eigenvalue weighted by molar-refractivity contribution is 5.88. The molecule has 0 spiro atoms. The molecule has 2 fully saturated rings. The van der Waals surface area contributed by atoms with Gasteiger partial charge in [0, 0.05) is 17.8 Å². The quantitative estimate of drug-likeness (QED) is 0.728. The number of ketones is 1. The molecule has 3 aliphatic carbocycles. The minimum Gasteiger partial charge on any atom is -0.508 e. The summed E-state index contributed by atoms with van der Waals surface area (Å²) in [6.45, 7) is 2.18. The molecule has 104 valence electrons. The lowest BCUT2D eigenvalue weighted by Crippen LogP contribution is -2.37. The molecule has 1 aromatic carbocycles. The van der Waals surface area contributed by atoms with Gasteiger partial charge in [0.2, 0.25) is 0 Å². The van der Waals surface area contributed by atoms with Gasteiger partial charge in [0.05, 0.1) is 0 Å². The Morgan fingerprint density at radius 2 is 2.15 bits per heavy atom. The van der Waals surface area contributed by atoms with Gasteiger partial charge < -0.3 is 5.11 Å². The van der Waals surface area contributed by atoms with E-state index in [4.69, 9.17) is 0 Å². The lowest BCUT2D eigenvalue weighted by Gasteiger charge is -2.43. The highest BCUT2D eigenvalue weighted by atomic mass is 16.3. The Bertz CT molecular complexity index is 628. The summed E-state index contributed by atoms with van der Waals surface area (Å²) >= 11 is 0. The van der Waals surface area contributed by atoms with Gasteiger partial charge in [-0.3, -0.25) is 4.79 Å². The molecule has 0 aromatic heterocycles. The maximum Gasteiger partial charge on any atom is 0.139 e. The highest BCUT2D eigenvalue weighted by Gasteiger charge is 2.52. The van der Waals surface area contributed by atoms with E-state index < -0.39 is 0 Å². The maximum atomic E-state index is 12.2. The minimum atomic E-state index is -0.100. The first kappa shape index (κ1) is 12.2. The van der Waals surface area contributed by atoms with Crippen molar-refractivity contribution in [1.82, 2.24) is 0 Å². The van der Waals surface area contributed by atoms with Crippen molar-refractivity contribution in [3.05, 3.63) is 41.0 Å². The molecule has 0 aliphatic heterocycles. The van der Waals surface area contributed by atoms with Crippen molar-refractivity contribution >= 4 is 5.78 Å². The van der Waals surface area contributed by atoms with Crippen LogP contribution in [0.3, 0.4) is 0 Å². The van der Waals surface area contributed by atoms with Crippen LogP contribution in [0.4, 0.5) is 0 Å². The van der Waals surface area contributed by atoms with Crippen LogP contribution in [0.5, 0.6) is 5.75 Å². The number of fused-ring (bicyclic) bond motifs is 5. The van der Waals surface area contributed by atoms with Crippen molar-refractivity contribution in [2.24, 2.45) is 11.3 Å². The molecule has 1 N–H and O–H groups in total. The summed E-state index contributed by atoms with van der Waals surface area (Å²) in [5.74, 6) is 1.76. The average molecular weight is 268 g/mol. The number of allylic oxidation sites excluding steroid dienone is 2. The third-order valence-corrected chi connectivity index (χ3v) is 5.88. The van der Waals surface area contributed by atoms with Crippen LogP contribution < -0.4 is 0 Å². The Balaban J connectivity index is 1.77. The molecule has 1 aromatic rings. The molecule has 0 heterocycles. The van der Waals surface area contributed by atoms with Gasteiger partial charge in [-0.15, -0.1) is 0 Å². The number of Topliss-reactive ketones (excluding diaryl/α,β-unsaturated/α-hetero) is 1. The van der Waals surface area contributed by atoms with Crippen LogP contribution in [0.1, 0.15) is 49.7 Å². The van der Waals surface area contributed by atoms with E-state index in [0.29, 0.717) is 23.4 Å². The predicted molar refractivity (Wildman–Crippen MR) is 77.7 cm³/mol. The Labute approximate surface area is 119 Å². The van der Waals surface area contributed by atoms with Crippen LogP contribution in [-0.2, 0) is 11.2 Å². The zero-order valence-electron chi connectivity index (χ0n) is 11.9. The maximum absolute atomic E-state index is 12.2. The van der Waals surface area contributed by atoms with Crippen LogP contribution in [0.15, 0.2) is 29.8 Å². The molecular weight excluding hydrogens is 248 g/mol. The molecule has 4 rings (SSSR count). The number of carbonyl (C=O) groups excluding carboxylic acids is 1. The largest absolute Gasteiger partial charge is 0.508 e. The summed E-state index contributed by atoms with van der Waals surface area (Å²) < 4.78 is 0. The fourth-order valence-corrected chi connectivity index (χ4v) is 4.73. The van der Waals surface area contributed by atoms with Gasteiger partial charge in [0.1, 0.15) is 11.5 Å². The molecule has 0 saturated heterocycles. The lowest BCUT2D eigenvalue weighted by atomic mass is 9.60. The van der Waals surface area contributed by atoms with Crippen molar-refractivity contribution < 1.29 is 9.90 Å². The van der Waals surface area contributed by atoms with Crippen LogP contribution in [0.25, 0.3) is 0 Å². The predicted octanol–water partition coefficient (Wildman–Crippen LogP) is 3.74. The number of phenolic OH excluding ortho intramolecular Hbond substituents is 1. The minimum absolute atomic E-state index is 0.100. The van der Waals surface area contributed by atoms with E-state index >= 15 is 0 Å². The van der Waals surface area contributed by atoms with Gasteiger partial charge in [-0.25, -0.2) is 0 Å². The third kappa shape index (κ3) is 1.48. The van der Waals surface area contributed by atoms with Gasteiger partial charge in [0.25, 0.3) is 0 Å². The van der Waals surface area contributed by atoms with Crippen LogP contribution in [0.2, 0.25) is 0 Å². The van der Waals surface area contributed by atoms with Gasteiger partial charge in [0.15, 0.2) is 0 Å². The van der Waals surface area contributed by atoms with Crippen molar-refractivity contribution in [3.8, 4) is 5.75 Å². The molecule has 2 nitrogen and oxygen atoms in total. The lowest BCUT2D eigenvalue weighted by molar-refractivity contribution is -0.126. The number of phenols is 1. The molecule has 0 bridgehead atoms. The van der Waals surface area contributed by atoms with Crippen molar-refractivity contribution in [2.45, 2.75) is 44.9 Å². The summed E-state index contributed by atoms with van der Waals surface area (Å²) in [5, 5.41) is 9.64. The van der Waals surface area contributed by atoms with Crippen molar-refractivity contribution in [3.63, 3.8) is 0 Å². The molecule has 0 radical (unpaired) electrons. The first-order valence-electron chi connectivity index (χ1n) is 7.64. The van der Waals surface area contributed by atoms with Crippen molar-refractivity contribution in [1.29, 1.82) is 0 Å². The summed E-state index contributed by atoms with van der Waals surface area (Å²) in [4.78, 5) is 12.2. The Kier molecular flexibility index (Phi) is 2.42. The molecule has 0 amide bonds. The first-order chi connectivity index (χ1) is 9.59. The SMILES string of the molecule is C[C@]12CCC3C(=CCc4cc(O)ccc43)[C@@H]1CCC2=O. The molecule has 3 aliphatic rings. The van der Waals surface area contributed by atoms with Gasteiger partial charge in [-0.2, -0.15) is 0 Å². The van der Waals surface area contributed by atoms with Gasteiger partial charge in [-0.1, -0.05) is 24.6 Å². The topological polar surface area (TPSA) is 37.3 Å². The first-order valence-corrected chi connectivity index (χ1v) is 7.64. The smallest absolute Gasteiger partial charge is 0.139 e. The average Bonchev–Trinajstić information content (AvgIpc) is 2.74.